The molecular weight excluding hydrogens is 275 g/mol. The summed E-state index contributed by atoms with van der Waals surface area (Å²) in [5, 5.41) is 2.56. The van der Waals surface area contributed by atoms with Crippen LogP contribution in [0.1, 0.15) is 20.7 Å². The lowest BCUT2D eigenvalue weighted by Crippen LogP contribution is -2.16. The number of benzene rings is 2. The molecule has 0 aliphatic heterocycles. The molecule has 0 spiro atoms. The molecule has 0 aromatic heterocycles. The van der Waals surface area contributed by atoms with Crippen molar-refractivity contribution in [3.63, 3.8) is 0 Å². The largest absolute Gasteiger partial charge is 0.465 e. The molecule has 0 aliphatic carbocycles. The van der Waals surface area contributed by atoms with Crippen LogP contribution in [-0.4, -0.2) is 19.0 Å². The fourth-order valence-electron chi connectivity index (χ4n) is 1.81. The van der Waals surface area contributed by atoms with Crippen LogP contribution in [0, 0.1) is 5.82 Å². The zero-order valence-electron chi connectivity index (χ0n) is 11.2. The quantitative estimate of drug-likeness (QED) is 0.671. The molecule has 2 rings (SSSR count). The first kappa shape index (κ1) is 14.5. The molecule has 0 radical (unpaired) electrons. The number of ether oxygens (including phenoxy) is 1. The maximum Gasteiger partial charge on any atom is 0.339 e. The summed E-state index contributed by atoms with van der Waals surface area (Å²) in [6.07, 6.45) is 0. The molecule has 0 bridgehead atoms. The number of hydrogen-bond acceptors (Lipinski definition) is 4. The summed E-state index contributed by atoms with van der Waals surface area (Å²) >= 11 is 0. The second-order valence-corrected chi connectivity index (χ2v) is 4.22. The minimum absolute atomic E-state index is 0.0167. The van der Waals surface area contributed by atoms with Gasteiger partial charge < -0.3 is 15.8 Å². The summed E-state index contributed by atoms with van der Waals surface area (Å²) in [6.45, 7) is 0. The fourth-order valence-corrected chi connectivity index (χ4v) is 1.81. The van der Waals surface area contributed by atoms with Gasteiger partial charge in [0.2, 0.25) is 0 Å². The van der Waals surface area contributed by atoms with Crippen molar-refractivity contribution >= 4 is 23.3 Å². The molecule has 0 unspecified atom stereocenters. The van der Waals surface area contributed by atoms with Gasteiger partial charge in [0.1, 0.15) is 5.82 Å². The van der Waals surface area contributed by atoms with Crippen molar-refractivity contribution in [2.24, 2.45) is 0 Å². The molecule has 5 nitrogen and oxygen atoms in total. The number of hydrogen-bond donors (Lipinski definition) is 2. The number of carbonyl (C=O) groups excluding carboxylic acids is 2. The Morgan fingerprint density at radius 1 is 1.14 bits per heavy atom. The van der Waals surface area contributed by atoms with Gasteiger partial charge in [-0.1, -0.05) is 12.1 Å². The maximum atomic E-state index is 13.0. The highest BCUT2D eigenvalue weighted by Crippen LogP contribution is 2.19. The van der Waals surface area contributed by atoms with Crippen LogP contribution in [0.5, 0.6) is 0 Å². The second-order valence-electron chi connectivity index (χ2n) is 4.22. The average molecular weight is 288 g/mol. The number of halogens is 1. The van der Waals surface area contributed by atoms with Crippen LogP contribution < -0.4 is 11.1 Å². The first-order valence-electron chi connectivity index (χ1n) is 6.06. The predicted octanol–water partition coefficient (Wildman–Crippen LogP) is 2.45. The highest BCUT2D eigenvalue weighted by Gasteiger charge is 2.15. The summed E-state index contributed by atoms with van der Waals surface area (Å²) in [5.41, 5.74) is 6.25. The number of carbonyl (C=O) groups is 2. The summed E-state index contributed by atoms with van der Waals surface area (Å²) in [5.74, 6) is -1.64. The van der Waals surface area contributed by atoms with Gasteiger partial charge in [0.25, 0.3) is 5.91 Å². The van der Waals surface area contributed by atoms with Crippen molar-refractivity contribution in [1.29, 1.82) is 0 Å². The number of para-hydroxylation sites is 1. The van der Waals surface area contributed by atoms with Crippen LogP contribution >= 0.6 is 0 Å². The molecule has 2 aromatic carbocycles. The lowest BCUT2D eigenvalue weighted by atomic mass is 10.1. The molecule has 2 aromatic rings. The van der Waals surface area contributed by atoms with Crippen molar-refractivity contribution in [1.82, 2.24) is 0 Å². The van der Waals surface area contributed by atoms with Gasteiger partial charge in [-0.05, 0) is 30.3 Å². The number of nitrogens with one attached hydrogen (secondary N) is 1. The van der Waals surface area contributed by atoms with Crippen LogP contribution in [0.25, 0.3) is 0 Å². The Hall–Kier alpha value is -2.89. The molecule has 0 atom stereocenters. The van der Waals surface area contributed by atoms with E-state index in [1.165, 1.54) is 19.2 Å². The zero-order valence-corrected chi connectivity index (χ0v) is 11.2. The second kappa shape index (κ2) is 6.04. The van der Waals surface area contributed by atoms with Gasteiger partial charge >= 0.3 is 5.97 Å². The number of nitrogen functional groups attached to an aromatic ring is 1. The number of esters is 1. The predicted molar refractivity (Wildman–Crippen MR) is 76.5 cm³/mol. The summed E-state index contributed by atoms with van der Waals surface area (Å²) in [7, 11) is 1.25. The van der Waals surface area contributed by atoms with E-state index < -0.39 is 17.7 Å². The van der Waals surface area contributed by atoms with E-state index in [4.69, 9.17) is 5.73 Å². The summed E-state index contributed by atoms with van der Waals surface area (Å²) < 4.78 is 17.6. The third-order valence-electron chi connectivity index (χ3n) is 2.84. The van der Waals surface area contributed by atoms with Gasteiger partial charge in [0, 0.05) is 5.69 Å². The van der Waals surface area contributed by atoms with Gasteiger partial charge in [-0.15, -0.1) is 0 Å². The number of anilines is 2. The van der Waals surface area contributed by atoms with Crippen LogP contribution in [0.4, 0.5) is 15.8 Å². The third kappa shape index (κ3) is 3.17. The number of rotatable bonds is 3. The molecule has 0 fully saturated rings. The van der Waals surface area contributed by atoms with Crippen LogP contribution in [0.3, 0.4) is 0 Å². The standard InChI is InChI=1S/C15H13FN2O3/c1-21-15(20)11-4-2-3-5-13(11)18-14(19)10-7-6-9(16)8-12(10)17/h2-8H,17H2,1H3,(H,18,19). The van der Waals surface area contributed by atoms with E-state index in [-0.39, 0.29) is 22.5 Å². The molecule has 21 heavy (non-hydrogen) atoms. The first-order valence-corrected chi connectivity index (χ1v) is 6.06. The maximum absolute atomic E-state index is 13.0. The van der Waals surface area contributed by atoms with E-state index in [1.54, 1.807) is 18.2 Å². The normalized spacial score (nSPS) is 10.0. The van der Waals surface area contributed by atoms with Gasteiger partial charge in [0.05, 0.1) is 23.9 Å². The molecule has 0 heterocycles. The number of amides is 1. The lowest BCUT2D eigenvalue weighted by molar-refractivity contribution is 0.0602. The van der Waals surface area contributed by atoms with Crippen molar-refractivity contribution < 1.29 is 18.7 Å². The Bertz CT molecular complexity index is 701. The van der Waals surface area contributed by atoms with Gasteiger partial charge in [-0.2, -0.15) is 0 Å². The van der Waals surface area contributed by atoms with E-state index in [9.17, 15) is 14.0 Å². The molecule has 0 saturated heterocycles. The van der Waals surface area contributed by atoms with Crippen molar-refractivity contribution in [2.75, 3.05) is 18.2 Å². The van der Waals surface area contributed by atoms with Crippen molar-refractivity contribution in [3.05, 3.63) is 59.4 Å². The van der Waals surface area contributed by atoms with E-state index in [0.717, 1.165) is 12.1 Å². The summed E-state index contributed by atoms with van der Waals surface area (Å²) in [4.78, 5) is 23.8. The van der Waals surface area contributed by atoms with Crippen molar-refractivity contribution in [3.8, 4) is 0 Å². The average Bonchev–Trinajstić information content (AvgIpc) is 2.46. The third-order valence-corrected chi connectivity index (χ3v) is 2.84. The Morgan fingerprint density at radius 3 is 2.52 bits per heavy atom. The minimum Gasteiger partial charge on any atom is -0.465 e. The Kier molecular flexibility index (Phi) is 4.18. The number of nitrogens with two attached hydrogens (primary N) is 1. The first-order chi connectivity index (χ1) is 10.0. The summed E-state index contributed by atoms with van der Waals surface area (Å²) in [6, 6.07) is 9.86. The smallest absolute Gasteiger partial charge is 0.339 e. The Morgan fingerprint density at radius 2 is 1.86 bits per heavy atom. The highest BCUT2D eigenvalue weighted by molar-refractivity contribution is 6.10. The lowest BCUT2D eigenvalue weighted by Gasteiger charge is -2.10. The van der Waals surface area contributed by atoms with Crippen molar-refractivity contribution in [2.45, 2.75) is 0 Å². The molecule has 108 valence electrons. The fraction of sp³-hybridized carbons (Fsp3) is 0.0667. The molecule has 0 saturated carbocycles. The van der Waals surface area contributed by atoms with Gasteiger partial charge in [0.15, 0.2) is 0 Å². The van der Waals surface area contributed by atoms with E-state index in [1.807, 2.05) is 0 Å². The van der Waals surface area contributed by atoms with Crippen LogP contribution in [0.2, 0.25) is 0 Å². The molecule has 6 heteroatoms. The highest BCUT2D eigenvalue weighted by atomic mass is 19.1. The van der Waals surface area contributed by atoms with E-state index >= 15 is 0 Å². The molecular formula is C15H13FN2O3. The number of methoxy groups -OCH3 is 1. The molecule has 1 amide bonds. The minimum atomic E-state index is -0.571. The topological polar surface area (TPSA) is 81.4 Å². The monoisotopic (exact) mass is 288 g/mol. The molecule has 0 aliphatic rings. The van der Waals surface area contributed by atoms with Crippen LogP contribution in [0.15, 0.2) is 42.5 Å². The Labute approximate surface area is 120 Å². The van der Waals surface area contributed by atoms with E-state index in [0.29, 0.717) is 0 Å². The zero-order chi connectivity index (χ0) is 15.4. The molecule has 3 N–H and O–H groups in total. The van der Waals surface area contributed by atoms with Gasteiger partial charge in [-0.25, -0.2) is 9.18 Å². The Balaban J connectivity index is 2.30. The van der Waals surface area contributed by atoms with Gasteiger partial charge in [-0.3, -0.25) is 4.79 Å². The SMILES string of the molecule is COC(=O)c1ccccc1NC(=O)c1ccc(F)cc1N. The van der Waals surface area contributed by atoms with E-state index in [2.05, 4.69) is 10.1 Å². The van der Waals surface area contributed by atoms with Crippen LogP contribution in [-0.2, 0) is 4.74 Å².